The fourth-order valence-corrected chi connectivity index (χ4v) is 5.91. The fourth-order valence-electron chi connectivity index (χ4n) is 5.91. The van der Waals surface area contributed by atoms with Gasteiger partial charge in [0.15, 0.2) is 0 Å². The zero-order valence-corrected chi connectivity index (χ0v) is 25.8. The van der Waals surface area contributed by atoms with Crippen LogP contribution in [-0.2, 0) is 28.7 Å². The summed E-state index contributed by atoms with van der Waals surface area (Å²) in [5.41, 5.74) is 0.655. The Hall–Kier alpha value is -3.95. The molecule has 1 aromatic rings. The van der Waals surface area contributed by atoms with E-state index >= 15 is 0 Å². The molecule has 0 unspecified atom stereocenters. The molecule has 10 heteroatoms. The number of para-hydroxylation sites is 1. The monoisotopic (exact) mass is 610 g/mol. The first-order valence-electron chi connectivity index (χ1n) is 15.7. The molecule has 0 spiro atoms. The van der Waals surface area contributed by atoms with Crippen molar-refractivity contribution in [3.8, 4) is 5.75 Å². The van der Waals surface area contributed by atoms with Crippen molar-refractivity contribution in [2.75, 3.05) is 26.3 Å². The second kappa shape index (κ2) is 18.0. The summed E-state index contributed by atoms with van der Waals surface area (Å²) in [7, 11) is 0. The number of nitrogens with one attached hydrogen (secondary N) is 2. The molecule has 2 aliphatic rings. The number of carbonyl (C=O) groups excluding carboxylic acids is 5. The molecular weight excluding hydrogens is 564 g/mol. The lowest BCUT2D eigenvalue weighted by atomic mass is 9.69. The standard InChI is InChI=1S/C34H46N2O8/c1-4-30(37)35-20-22-43-32(39)26-15-11-24(12-16-26)25-13-17-27(18-14-25)33(40)44-29-10-6-5-9-28(29)34(41)42-21-8-7-19-36-31(38)23(2)3/h4-6,9-10,24-27H,1-2,7-8,11-22H2,3H3,(H,35,37)(H,36,38). The van der Waals surface area contributed by atoms with Gasteiger partial charge in [0, 0.05) is 12.1 Å². The Kier molecular flexibility index (Phi) is 14.1. The van der Waals surface area contributed by atoms with Crippen molar-refractivity contribution in [1.82, 2.24) is 10.6 Å². The van der Waals surface area contributed by atoms with E-state index in [-0.39, 0.29) is 66.7 Å². The van der Waals surface area contributed by atoms with Crippen molar-refractivity contribution in [3.63, 3.8) is 0 Å². The van der Waals surface area contributed by atoms with Crippen LogP contribution in [0.25, 0.3) is 0 Å². The molecule has 0 aromatic heterocycles. The van der Waals surface area contributed by atoms with E-state index in [2.05, 4.69) is 23.8 Å². The number of benzene rings is 1. The topological polar surface area (TPSA) is 137 Å². The Balaban J connectivity index is 1.36. The van der Waals surface area contributed by atoms with Crippen LogP contribution in [-0.4, -0.2) is 56.0 Å². The van der Waals surface area contributed by atoms with E-state index in [4.69, 9.17) is 14.2 Å². The highest BCUT2D eigenvalue weighted by atomic mass is 16.6. The summed E-state index contributed by atoms with van der Waals surface area (Å²) in [6, 6.07) is 6.60. The summed E-state index contributed by atoms with van der Waals surface area (Å²) in [6.07, 6.45) is 9.25. The van der Waals surface area contributed by atoms with Crippen LogP contribution in [0, 0.1) is 23.7 Å². The number of hydrogen-bond acceptors (Lipinski definition) is 8. The fraction of sp³-hybridized carbons (Fsp3) is 0.559. The number of unbranched alkanes of at least 4 members (excludes halogenated alkanes) is 1. The molecule has 0 radical (unpaired) electrons. The Morgan fingerprint density at radius 2 is 1.41 bits per heavy atom. The quantitative estimate of drug-likeness (QED) is 0.126. The van der Waals surface area contributed by atoms with Gasteiger partial charge in [-0.1, -0.05) is 25.3 Å². The molecule has 0 aliphatic heterocycles. The van der Waals surface area contributed by atoms with Crippen LogP contribution in [0.1, 0.15) is 81.5 Å². The van der Waals surface area contributed by atoms with Gasteiger partial charge in [-0.05, 0) is 101 Å². The van der Waals surface area contributed by atoms with E-state index in [0.717, 1.165) is 51.4 Å². The lowest BCUT2D eigenvalue weighted by molar-refractivity contribution is -0.150. The van der Waals surface area contributed by atoms with Crippen molar-refractivity contribution in [1.29, 1.82) is 0 Å². The number of ether oxygens (including phenoxy) is 3. The molecule has 1 aromatic carbocycles. The van der Waals surface area contributed by atoms with Crippen molar-refractivity contribution in [3.05, 3.63) is 54.6 Å². The Morgan fingerprint density at radius 3 is 2.02 bits per heavy atom. The third-order valence-electron chi connectivity index (χ3n) is 8.50. The van der Waals surface area contributed by atoms with Gasteiger partial charge in [-0.25, -0.2) is 4.79 Å². The van der Waals surface area contributed by atoms with Crippen molar-refractivity contribution >= 4 is 29.7 Å². The largest absolute Gasteiger partial charge is 0.464 e. The smallest absolute Gasteiger partial charge is 0.341 e. The molecule has 3 rings (SSSR count). The second-order valence-corrected chi connectivity index (χ2v) is 11.7. The van der Waals surface area contributed by atoms with Crippen LogP contribution in [0.5, 0.6) is 5.75 Å². The third kappa shape index (κ3) is 11.0. The first-order valence-corrected chi connectivity index (χ1v) is 15.7. The molecule has 44 heavy (non-hydrogen) atoms. The van der Waals surface area contributed by atoms with Gasteiger partial charge in [0.25, 0.3) is 0 Å². The van der Waals surface area contributed by atoms with E-state index < -0.39 is 5.97 Å². The van der Waals surface area contributed by atoms with E-state index in [1.54, 1.807) is 31.2 Å². The number of hydrogen-bond donors (Lipinski definition) is 2. The lowest BCUT2D eigenvalue weighted by Gasteiger charge is -2.36. The van der Waals surface area contributed by atoms with E-state index in [9.17, 15) is 24.0 Å². The van der Waals surface area contributed by atoms with Crippen LogP contribution in [0.3, 0.4) is 0 Å². The Labute approximate surface area is 260 Å². The summed E-state index contributed by atoms with van der Waals surface area (Å²) in [4.78, 5) is 60.9. The summed E-state index contributed by atoms with van der Waals surface area (Å²) >= 11 is 0. The molecule has 2 fully saturated rings. The van der Waals surface area contributed by atoms with E-state index in [1.165, 1.54) is 6.08 Å². The molecule has 240 valence electrons. The van der Waals surface area contributed by atoms with E-state index in [1.807, 2.05) is 0 Å². The average molecular weight is 611 g/mol. The molecule has 0 bridgehead atoms. The number of rotatable bonds is 15. The van der Waals surface area contributed by atoms with Gasteiger partial charge in [-0.2, -0.15) is 0 Å². The molecule has 0 saturated heterocycles. The summed E-state index contributed by atoms with van der Waals surface area (Å²) < 4.78 is 16.4. The molecule has 2 amide bonds. The minimum absolute atomic E-state index is 0.103. The van der Waals surface area contributed by atoms with Crippen molar-refractivity contribution < 1.29 is 38.2 Å². The lowest BCUT2D eigenvalue weighted by Crippen LogP contribution is -2.32. The first-order chi connectivity index (χ1) is 21.2. The van der Waals surface area contributed by atoms with Gasteiger partial charge in [0.2, 0.25) is 11.8 Å². The van der Waals surface area contributed by atoms with E-state index in [0.29, 0.717) is 36.8 Å². The zero-order valence-electron chi connectivity index (χ0n) is 25.8. The third-order valence-corrected chi connectivity index (χ3v) is 8.50. The normalized spacial score (nSPS) is 21.3. The van der Waals surface area contributed by atoms with Crippen LogP contribution in [0.4, 0.5) is 0 Å². The second-order valence-electron chi connectivity index (χ2n) is 11.7. The average Bonchev–Trinajstić information content (AvgIpc) is 3.04. The van der Waals surface area contributed by atoms with Crippen LogP contribution < -0.4 is 15.4 Å². The van der Waals surface area contributed by atoms with Crippen LogP contribution in [0.15, 0.2) is 49.1 Å². The van der Waals surface area contributed by atoms with Gasteiger partial charge in [-0.15, -0.1) is 0 Å². The van der Waals surface area contributed by atoms with Crippen LogP contribution >= 0.6 is 0 Å². The predicted molar refractivity (Wildman–Crippen MR) is 164 cm³/mol. The number of carbonyl (C=O) groups is 5. The highest BCUT2D eigenvalue weighted by Gasteiger charge is 2.35. The minimum Gasteiger partial charge on any atom is -0.464 e. The Morgan fingerprint density at radius 1 is 0.795 bits per heavy atom. The summed E-state index contributed by atoms with van der Waals surface area (Å²) in [5.74, 6) is -0.647. The molecule has 2 saturated carbocycles. The maximum absolute atomic E-state index is 13.0. The maximum Gasteiger partial charge on any atom is 0.341 e. The zero-order chi connectivity index (χ0) is 31.9. The first kappa shape index (κ1) is 34.5. The minimum atomic E-state index is -0.554. The molecular formula is C34H46N2O8. The Bertz CT molecular complexity index is 1180. The predicted octanol–water partition coefficient (Wildman–Crippen LogP) is 4.68. The van der Waals surface area contributed by atoms with Gasteiger partial charge in [-0.3, -0.25) is 19.2 Å². The number of esters is 3. The highest BCUT2D eigenvalue weighted by Crippen LogP contribution is 2.42. The SMILES string of the molecule is C=CC(=O)NCCOC(=O)C1CCC(C2CCC(C(=O)Oc3ccccc3C(=O)OCCCCNC(=O)C(=C)C)CC2)CC1. The van der Waals surface area contributed by atoms with Gasteiger partial charge < -0.3 is 24.8 Å². The molecule has 10 nitrogen and oxygen atoms in total. The molecule has 2 N–H and O–H groups in total. The summed E-state index contributed by atoms with van der Waals surface area (Å²) in [6.45, 7) is 9.70. The molecule has 0 atom stereocenters. The van der Waals surface area contributed by atoms with Gasteiger partial charge in [0.1, 0.15) is 17.9 Å². The molecule has 0 heterocycles. The summed E-state index contributed by atoms with van der Waals surface area (Å²) in [5, 5.41) is 5.33. The number of amides is 2. The van der Waals surface area contributed by atoms with Gasteiger partial charge >= 0.3 is 17.9 Å². The van der Waals surface area contributed by atoms with Crippen LogP contribution in [0.2, 0.25) is 0 Å². The van der Waals surface area contributed by atoms with Gasteiger partial charge in [0.05, 0.1) is 25.0 Å². The highest BCUT2D eigenvalue weighted by molar-refractivity contribution is 5.93. The maximum atomic E-state index is 13.0. The molecule has 2 aliphatic carbocycles. The van der Waals surface area contributed by atoms with Crippen molar-refractivity contribution in [2.24, 2.45) is 23.7 Å². The van der Waals surface area contributed by atoms with Crippen molar-refractivity contribution in [2.45, 2.75) is 71.1 Å².